The average molecular weight is 276 g/mol. The standard InChI is InChI=1S/C15H24N4O/c1-18(2)11-12-3-5-13(6-4-12)17-14-7-9-19(10-8-14)15(16)20/h3-6,14,17H,7-11H2,1-2H3,(H2,16,20). The molecule has 0 bridgehead atoms. The molecule has 1 saturated heterocycles. The van der Waals surface area contributed by atoms with E-state index in [0.29, 0.717) is 6.04 Å². The van der Waals surface area contributed by atoms with Crippen LogP contribution in [-0.2, 0) is 6.54 Å². The van der Waals surface area contributed by atoms with Gasteiger partial charge in [-0.1, -0.05) is 12.1 Å². The SMILES string of the molecule is CN(C)Cc1ccc(NC2CCN(C(N)=O)CC2)cc1. The number of benzene rings is 1. The zero-order valence-corrected chi connectivity index (χ0v) is 12.3. The van der Waals surface area contributed by atoms with E-state index in [4.69, 9.17) is 5.73 Å². The highest BCUT2D eigenvalue weighted by Crippen LogP contribution is 2.17. The van der Waals surface area contributed by atoms with E-state index in [-0.39, 0.29) is 6.03 Å². The fourth-order valence-electron chi connectivity index (χ4n) is 2.55. The zero-order chi connectivity index (χ0) is 14.5. The number of carbonyl (C=O) groups is 1. The summed E-state index contributed by atoms with van der Waals surface area (Å²) >= 11 is 0. The molecule has 1 aromatic rings. The number of nitrogens with one attached hydrogen (secondary N) is 1. The Bertz CT molecular complexity index is 436. The van der Waals surface area contributed by atoms with Crippen LogP contribution in [0.5, 0.6) is 0 Å². The Morgan fingerprint density at radius 2 is 1.90 bits per heavy atom. The van der Waals surface area contributed by atoms with Crippen LogP contribution in [0, 0.1) is 0 Å². The molecule has 2 rings (SSSR count). The van der Waals surface area contributed by atoms with Gasteiger partial charge < -0.3 is 20.9 Å². The Hall–Kier alpha value is -1.75. The number of hydrogen-bond acceptors (Lipinski definition) is 3. The first-order valence-electron chi connectivity index (χ1n) is 7.09. The van der Waals surface area contributed by atoms with Gasteiger partial charge >= 0.3 is 6.03 Å². The minimum atomic E-state index is -0.309. The first-order chi connectivity index (χ1) is 9.54. The largest absolute Gasteiger partial charge is 0.382 e. The van der Waals surface area contributed by atoms with Crippen LogP contribution in [0.15, 0.2) is 24.3 Å². The van der Waals surface area contributed by atoms with Crippen molar-refractivity contribution in [2.45, 2.75) is 25.4 Å². The van der Waals surface area contributed by atoms with Crippen LogP contribution in [0.25, 0.3) is 0 Å². The quantitative estimate of drug-likeness (QED) is 0.880. The Morgan fingerprint density at radius 1 is 1.30 bits per heavy atom. The van der Waals surface area contributed by atoms with Gasteiger partial charge in [0, 0.05) is 31.4 Å². The van der Waals surface area contributed by atoms with E-state index < -0.39 is 0 Å². The summed E-state index contributed by atoms with van der Waals surface area (Å²) in [6.45, 7) is 2.44. The highest BCUT2D eigenvalue weighted by molar-refractivity contribution is 5.72. The van der Waals surface area contributed by atoms with E-state index in [1.165, 1.54) is 5.56 Å². The second-order valence-corrected chi connectivity index (χ2v) is 5.68. The lowest BCUT2D eigenvalue weighted by Crippen LogP contribution is -2.44. The van der Waals surface area contributed by atoms with Crippen molar-refractivity contribution >= 4 is 11.7 Å². The number of urea groups is 1. The Labute approximate surface area is 120 Å². The monoisotopic (exact) mass is 276 g/mol. The van der Waals surface area contributed by atoms with E-state index in [2.05, 4.69) is 48.6 Å². The first-order valence-corrected chi connectivity index (χ1v) is 7.09. The van der Waals surface area contributed by atoms with Gasteiger partial charge in [-0.25, -0.2) is 4.79 Å². The molecule has 0 radical (unpaired) electrons. The fourth-order valence-corrected chi connectivity index (χ4v) is 2.55. The molecule has 1 heterocycles. The Balaban J connectivity index is 1.83. The number of likely N-dealkylation sites (tertiary alicyclic amines) is 1. The lowest BCUT2D eigenvalue weighted by molar-refractivity contribution is 0.193. The smallest absolute Gasteiger partial charge is 0.314 e. The van der Waals surface area contributed by atoms with E-state index in [1.807, 2.05) is 0 Å². The Kier molecular flexibility index (Phi) is 4.84. The predicted octanol–water partition coefficient (Wildman–Crippen LogP) is 1.70. The van der Waals surface area contributed by atoms with Gasteiger partial charge in [-0.05, 0) is 44.6 Å². The highest BCUT2D eigenvalue weighted by atomic mass is 16.2. The van der Waals surface area contributed by atoms with Crippen LogP contribution in [0.4, 0.5) is 10.5 Å². The molecular weight excluding hydrogens is 252 g/mol. The third kappa shape index (κ3) is 4.13. The number of rotatable bonds is 4. The normalized spacial score (nSPS) is 16.4. The van der Waals surface area contributed by atoms with E-state index in [0.717, 1.165) is 38.2 Å². The van der Waals surface area contributed by atoms with Crippen molar-refractivity contribution < 1.29 is 4.79 Å². The molecule has 0 unspecified atom stereocenters. The molecule has 0 aromatic heterocycles. The molecule has 2 amide bonds. The molecule has 3 N–H and O–H groups in total. The maximum atomic E-state index is 11.1. The van der Waals surface area contributed by atoms with Crippen LogP contribution < -0.4 is 11.1 Å². The predicted molar refractivity (Wildman–Crippen MR) is 81.6 cm³/mol. The van der Waals surface area contributed by atoms with Gasteiger partial charge in [0.05, 0.1) is 0 Å². The summed E-state index contributed by atoms with van der Waals surface area (Å²) in [5.41, 5.74) is 7.74. The number of hydrogen-bond donors (Lipinski definition) is 2. The number of amides is 2. The van der Waals surface area contributed by atoms with E-state index in [9.17, 15) is 4.79 Å². The lowest BCUT2D eigenvalue weighted by Gasteiger charge is -2.31. The number of anilines is 1. The van der Waals surface area contributed by atoms with Crippen LogP contribution in [0.3, 0.4) is 0 Å². The number of nitrogens with two attached hydrogens (primary N) is 1. The second-order valence-electron chi connectivity index (χ2n) is 5.68. The van der Waals surface area contributed by atoms with Crippen molar-refractivity contribution in [3.8, 4) is 0 Å². The van der Waals surface area contributed by atoms with Gasteiger partial charge in [0.2, 0.25) is 0 Å². The minimum absolute atomic E-state index is 0.309. The molecule has 5 nitrogen and oxygen atoms in total. The van der Waals surface area contributed by atoms with Crippen molar-refractivity contribution in [1.82, 2.24) is 9.80 Å². The summed E-state index contributed by atoms with van der Waals surface area (Å²) in [5, 5.41) is 3.53. The molecule has 1 aromatic carbocycles. The molecule has 1 aliphatic rings. The molecule has 110 valence electrons. The Morgan fingerprint density at radius 3 is 2.40 bits per heavy atom. The highest BCUT2D eigenvalue weighted by Gasteiger charge is 2.20. The van der Waals surface area contributed by atoms with Crippen LogP contribution >= 0.6 is 0 Å². The van der Waals surface area contributed by atoms with E-state index in [1.54, 1.807) is 4.90 Å². The third-order valence-corrected chi connectivity index (χ3v) is 3.63. The van der Waals surface area contributed by atoms with Crippen LogP contribution in [-0.4, -0.2) is 49.1 Å². The summed E-state index contributed by atoms with van der Waals surface area (Å²) in [7, 11) is 4.14. The molecule has 0 atom stereocenters. The first kappa shape index (κ1) is 14.7. The van der Waals surface area contributed by atoms with Crippen molar-refractivity contribution in [3.63, 3.8) is 0 Å². The molecule has 0 saturated carbocycles. The second kappa shape index (κ2) is 6.61. The van der Waals surface area contributed by atoms with Crippen molar-refractivity contribution in [3.05, 3.63) is 29.8 Å². The van der Waals surface area contributed by atoms with Gasteiger partial charge in [-0.3, -0.25) is 0 Å². The van der Waals surface area contributed by atoms with Gasteiger partial charge in [0.15, 0.2) is 0 Å². The number of nitrogens with zero attached hydrogens (tertiary/aromatic N) is 2. The third-order valence-electron chi connectivity index (χ3n) is 3.63. The molecule has 0 spiro atoms. The summed E-state index contributed by atoms with van der Waals surface area (Å²) in [5.74, 6) is 0. The van der Waals surface area contributed by atoms with Crippen molar-refractivity contribution in [2.24, 2.45) is 5.73 Å². The average Bonchev–Trinajstić information content (AvgIpc) is 2.41. The summed E-state index contributed by atoms with van der Waals surface area (Å²) < 4.78 is 0. The van der Waals surface area contributed by atoms with Crippen molar-refractivity contribution in [2.75, 3.05) is 32.5 Å². The fraction of sp³-hybridized carbons (Fsp3) is 0.533. The summed E-state index contributed by atoms with van der Waals surface area (Å²) in [6.07, 6.45) is 1.89. The van der Waals surface area contributed by atoms with Crippen LogP contribution in [0.2, 0.25) is 0 Å². The maximum absolute atomic E-state index is 11.1. The van der Waals surface area contributed by atoms with Crippen LogP contribution in [0.1, 0.15) is 18.4 Å². The molecule has 1 aliphatic heterocycles. The van der Waals surface area contributed by atoms with Gasteiger partial charge in [0.25, 0.3) is 0 Å². The molecule has 5 heteroatoms. The van der Waals surface area contributed by atoms with Gasteiger partial charge in [-0.15, -0.1) is 0 Å². The van der Waals surface area contributed by atoms with Crippen molar-refractivity contribution in [1.29, 1.82) is 0 Å². The number of primary amides is 1. The topological polar surface area (TPSA) is 61.6 Å². The lowest BCUT2D eigenvalue weighted by atomic mass is 10.0. The zero-order valence-electron chi connectivity index (χ0n) is 12.3. The molecular formula is C15H24N4O. The maximum Gasteiger partial charge on any atom is 0.314 e. The molecule has 1 fully saturated rings. The summed E-state index contributed by atoms with van der Waals surface area (Å²) in [4.78, 5) is 14.9. The molecule has 20 heavy (non-hydrogen) atoms. The number of carbonyl (C=O) groups excluding carboxylic acids is 1. The summed E-state index contributed by atoms with van der Waals surface area (Å²) in [6, 6.07) is 8.67. The van der Waals surface area contributed by atoms with Gasteiger partial charge in [-0.2, -0.15) is 0 Å². The number of piperidine rings is 1. The molecule has 0 aliphatic carbocycles. The minimum Gasteiger partial charge on any atom is -0.382 e. The van der Waals surface area contributed by atoms with Gasteiger partial charge in [0.1, 0.15) is 0 Å². The van der Waals surface area contributed by atoms with E-state index >= 15 is 0 Å².